The predicted octanol–water partition coefficient (Wildman–Crippen LogP) is 0.291. The number of rotatable bonds is 3. The van der Waals surface area contributed by atoms with E-state index >= 15 is 0 Å². The third-order valence-corrected chi connectivity index (χ3v) is 4.25. The molecular formula is C15H24N2O6. The molecule has 23 heavy (non-hydrogen) atoms. The summed E-state index contributed by atoms with van der Waals surface area (Å²) in [5.74, 6) is -1.54. The van der Waals surface area contributed by atoms with Gasteiger partial charge in [-0.15, -0.1) is 0 Å². The molecular weight excluding hydrogens is 304 g/mol. The van der Waals surface area contributed by atoms with Crippen molar-refractivity contribution in [3.8, 4) is 0 Å². The standard InChI is InChI=1S/C15H24N2O6/c1-14(2,3)23-13(22)16-6-4-5-15(8-16)9-17(12(15)21)10(7-18)11(19)20/h10,18H,4-9H2,1-3H3,(H,19,20)/t10-,15?/m0/s1. The van der Waals surface area contributed by atoms with Crippen LogP contribution in [-0.2, 0) is 14.3 Å². The summed E-state index contributed by atoms with van der Waals surface area (Å²) in [6.45, 7) is 5.70. The Morgan fingerprint density at radius 2 is 2.00 bits per heavy atom. The van der Waals surface area contributed by atoms with Crippen molar-refractivity contribution in [2.75, 3.05) is 26.2 Å². The number of likely N-dealkylation sites (tertiary alicyclic amines) is 2. The Morgan fingerprint density at radius 3 is 2.48 bits per heavy atom. The number of piperidine rings is 1. The lowest BCUT2D eigenvalue weighted by molar-refractivity contribution is -0.178. The molecule has 2 aliphatic heterocycles. The molecule has 130 valence electrons. The Morgan fingerprint density at radius 1 is 1.35 bits per heavy atom. The first kappa shape index (κ1) is 17.5. The zero-order valence-corrected chi connectivity index (χ0v) is 13.7. The van der Waals surface area contributed by atoms with Crippen molar-refractivity contribution in [1.82, 2.24) is 9.80 Å². The zero-order valence-electron chi connectivity index (χ0n) is 13.7. The van der Waals surface area contributed by atoms with Gasteiger partial charge in [-0.25, -0.2) is 9.59 Å². The molecule has 0 aromatic heterocycles. The minimum Gasteiger partial charge on any atom is -0.480 e. The van der Waals surface area contributed by atoms with Crippen LogP contribution >= 0.6 is 0 Å². The number of carboxylic acid groups (broad SMARTS) is 1. The monoisotopic (exact) mass is 328 g/mol. The number of hydrogen-bond donors (Lipinski definition) is 2. The number of carbonyl (C=O) groups excluding carboxylic acids is 2. The molecule has 2 heterocycles. The van der Waals surface area contributed by atoms with Gasteiger partial charge >= 0.3 is 12.1 Å². The van der Waals surface area contributed by atoms with Crippen LogP contribution in [0.1, 0.15) is 33.6 Å². The summed E-state index contributed by atoms with van der Waals surface area (Å²) >= 11 is 0. The molecule has 2 aliphatic rings. The Kier molecular flexibility index (Phi) is 4.57. The molecule has 0 aromatic rings. The van der Waals surface area contributed by atoms with E-state index in [1.54, 1.807) is 20.8 Å². The fourth-order valence-corrected chi connectivity index (χ4v) is 3.16. The highest BCUT2D eigenvalue weighted by Gasteiger charge is 2.57. The van der Waals surface area contributed by atoms with Crippen molar-refractivity contribution in [3.63, 3.8) is 0 Å². The number of ether oxygens (including phenoxy) is 1. The molecule has 0 aromatic carbocycles. The molecule has 8 nitrogen and oxygen atoms in total. The van der Waals surface area contributed by atoms with Crippen LogP contribution in [0.3, 0.4) is 0 Å². The normalized spacial score (nSPS) is 26.0. The Bertz CT molecular complexity index is 515. The lowest BCUT2D eigenvalue weighted by atomic mass is 9.71. The zero-order chi connectivity index (χ0) is 17.4. The molecule has 2 saturated heterocycles. The van der Waals surface area contributed by atoms with Gasteiger partial charge in [0.2, 0.25) is 5.91 Å². The number of aliphatic carboxylic acids is 1. The molecule has 2 N–H and O–H groups in total. The van der Waals surface area contributed by atoms with Crippen molar-refractivity contribution in [3.05, 3.63) is 0 Å². The van der Waals surface area contributed by atoms with Gasteiger partial charge in [-0.2, -0.15) is 0 Å². The fourth-order valence-electron chi connectivity index (χ4n) is 3.16. The number of nitrogens with zero attached hydrogens (tertiary/aromatic N) is 2. The van der Waals surface area contributed by atoms with Gasteiger partial charge in [0.1, 0.15) is 5.60 Å². The van der Waals surface area contributed by atoms with Crippen molar-refractivity contribution < 1.29 is 29.3 Å². The first-order valence-corrected chi connectivity index (χ1v) is 7.72. The summed E-state index contributed by atoms with van der Waals surface area (Å²) < 4.78 is 5.34. The largest absolute Gasteiger partial charge is 0.480 e. The highest BCUT2D eigenvalue weighted by molar-refractivity contribution is 5.93. The van der Waals surface area contributed by atoms with E-state index in [1.165, 1.54) is 9.80 Å². The second kappa shape index (κ2) is 5.99. The average Bonchev–Trinajstić information content (AvgIpc) is 2.45. The molecule has 2 rings (SSSR count). The molecule has 0 radical (unpaired) electrons. The van der Waals surface area contributed by atoms with E-state index in [9.17, 15) is 14.4 Å². The summed E-state index contributed by atoms with van der Waals surface area (Å²) in [6.07, 6.45) is 0.814. The molecule has 8 heteroatoms. The van der Waals surface area contributed by atoms with Gasteiger partial charge in [0.05, 0.1) is 12.0 Å². The fraction of sp³-hybridized carbons (Fsp3) is 0.800. The molecule has 1 unspecified atom stereocenters. The maximum Gasteiger partial charge on any atom is 0.410 e. The number of carboxylic acids is 1. The van der Waals surface area contributed by atoms with Gasteiger partial charge in [0.25, 0.3) is 0 Å². The third-order valence-electron chi connectivity index (χ3n) is 4.25. The van der Waals surface area contributed by atoms with E-state index in [0.29, 0.717) is 19.4 Å². The average molecular weight is 328 g/mol. The lowest BCUT2D eigenvalue weighted by Gasteiger charge is -2.54. The molecule has 1 spiro atoms. The van der Waals surface area contributed by atoms with Crippen molar-refractivity contribution in [2.24, 2.45) is 5.41 Å². The Labute approximate surface area is 135 Å². The SMILES string of the molecule is CC(C)(C)OC(=O)N1CCCC2(C1)CN([C@@H](CO)C(=O)O)C2=O. The summed E-state index contributed by atoms with van der Waals surface area (Å²) in [6, 6.07) is -1.22. The van der Waals surface area contributed by atoms with E-state index in [4.69, 9.17) is 14.9 Å². The van der Waals surface area contributed by atoms with Crippen LogP contribution in [0.4, 0.5) is 4.79 Å². The number of aliphatic hydroxyl groups excluding tert-OH is 1. The minimum atomic E-state index is -1.23. The van der Waals surface area contributed by atoms with Crippen molar-refractivity contribution >= 4 is 18.0 Å². The number of hydrogen-bond acceptors (Lipinski definition) is 5. The van der Waals surface area contributed by atoms with Gasteiger partial charge in [-0.3, -0.25) is 4.79 Å². The molecule has 2 fully saturated rings. The van der Waals surface area contributed by atoms with E-state index in [1.807, 2.05) is 0 Å². The van der Waals surface area contributed by atoms with E-state index < -0.39 is 35.7 Å². The molecule has 0 bridgehead atoms. The quantitative estimate of drug-likeness (QED) is 0.721. The van der Waals surface area contributed by atoms with Crippen LogP contribution in [0, 0.1) is 5.41 Å². The predicted molar refractivity (Wildman–Crippen MR) is 79.7 cm³/mol. The van der Waals surface area contributed by atoms with Crippen LogP contribution in [-0.4, -0.2) is 75.9 Å². The maximum absolute atomic E-state index is 12.5. The molecule has 0 saturated carbocycles. The maximum atomic E-state index is 12.5. The van der Waals surface area contributed by atoms with Crippen LogP contribution in [0.2, 0.25) is 0 Å². The smallest absolute Gasteiger partial charge is 0.410 e. The van der Waals surface area contributed by atoms with Gasteiger partial charge in [0.15, 0.2) is 6.04 Å². The van der Waals surface area contributed by atoms with Crippen LogP contribution in [0.25, 0.3) is 0 Å². The van der Waals surface area contributed by atoms with Crippen molar-refractivity contribution in [1.29, 1.82) is 0 Å². The minimum absolute atomic E-state index is 0.231. The first-order chi connectivity index (χ1) is 10.6. The number of amides is 2. The molecule has 2 atom stereocenters. The highest BCUT2D eigenvalue weighted by atomic mass is 16.6. The Balaban J connectivity index is 2.03. The van der Waals surface area contributed by atoms with Gasteiger partial charge in [-0.1, -0.05) is 0 Å². The van der Waals surface area contributed by atoms with Gasteiger partial charge < -0.3 is 24.7 Å². The van der Waals surface area contributed by atoms with Crippen LogP contribution in [0.5, 0.6) is 0 Å². The molecule has 0 aliphatic carbocycles. The topological polar surface area (TPSA) is 107 Å². The lowest BCUT2D eigenvalue weighted by Crippen LogP contribution is -2.71. The number of β-lactam (4-membered cyclic amide) rings is 1. The van der Waals surface area contributed by atoms with E-state index in [2.05, 4.69) is 0 Å². The number of carbonyl (C=O) groups is 3. The Hall–Kier alpha value is -1.83. The summed E-state index contributed by atoms with van der Waals surface area (Å²) in [7, 11) is 0. The van der Waals surface area contributed by atoms with Crippen molar-refractivity contribution in [2.45, 2.75) is 45.3 Å². The number of aliphatic hydroxyl groups is 1. The van der Waals surface area contributed by atoms with Gasteiger partial charge in [-0.05, 0) is 33.6 Å². The second-order valence-corrected chi connectivity index (χ2v) is 7.26. The van der Waals surface area contributed by atoms with Crippen LogP contribution in [0.15, 0.2) is 0 Å². The summed E-state index contributed by atoms with van der Waals surface area (Å²) in [5.41, 5.74) is -1.35. The first-order valence-electron chi connectivity index (χ1n) is 7.72. The summed E-state index contributed by atoms with van der Waals surface area (Å²) in [5, 5.41) is 18.2. The highest BCUT2D eigenvalue weighted by Crippen LogP contribution is 2.41. The van der Waals surface area contributed by atoms with E-state index in [-0.39, 0.29) is 19.0 Å². The molecule has 2 amide bonds. The van der Waals surface area contributed by atoms with Crippen LogP contribution < -0.4 is 0 Å². The van der Waals surface area contributed by atoms with Gasteiger partial charge in [0, 0.05) is 19.6 Å². The third kappa shape index (κ3) is 3.41. The second-order valence-electron chi connectivity index (χ2n) is 7.26. The van der Waals surface area contributed by atoms with E-state index in [0.717, 1.165) is 0 Å². The summed E-state index contributed by atoms with van der Waals surface area (Å²) in [4.78, 5) is 38.4.